The Morgan fingerprint density at radius 1 is 0.978 bits per heavy atom. The number of ether oxygens (including phenoxy) is 2. The smallest absolute Gasteiger partial charge is 0.220 e. The SMILES string of the molecule is CCCC[Si](C)(C)O[C@@H](CN[C@H](C)Cc1cccc(CCC(=O)NCc2c(OC)cccc2OC)c1)c1ccc(O)c(CO)c1. The van der Waals surface area contributed by atoms with Crippen LogP contribution in [0.2, 0.25) is 19.1 Å². The van der Waals surface area contributed by atoms with E-state index in [1.807, 2.05) is 30.3 Å². The lowest BCUT2D eigenvalue weighted by Crippen LogP contribution is -2.38. The zero-order chi connectivity index (χ0) is 32.8. The molecule has 0 bridgehead atoms. The van der Waals surface area contributed by atoms with Gasteiger partial charge < -0.3 is 34.7 Å². The van der Waals surface area contributed by atoms with Crippen molar-refractivity contribution in [1.29, 1.82) is 0 Å². The summed E-state index contributed by atoms with van der Waals surface area (Å²) in [5, 5.41) is 26.5. The maximum atomic E-state index is 12.7. The molecule has 8 nitrogen and oxygen atoms in total. The number of unbranched alkanes of at least 4 members (excludes halogenated alkanes) is 1. The second-order valence-corrected chi connectivity index (χ2v) is 16.5. The molecular weight excluding hydrogens is 584 g/mol. The molecule has 0 saturated carbocycles. The van der Waals surface area contributed by atoms with Crippen molar-refractivity contribution >= 4 is 14.2 Å². The summed E-state index contributed by atoms with van der Waals surface area (Å²) in [5.41, 5.74) is 4.60. The summed E-state index contributed by atoms with van der Waals surface area (Å²) in [6.45, 7) is 9.62. The van der Waals surface area contributed by atoms with Gasteiger partial charge in [0.2, 0.25) is 5.91 Å². The Morgan fingerprint density at radius 3 is 2.33 bits per heavy atom. The Kier molecular flexibility index (Phi) is 14.4. The molecule has 0 spiro atoms. The number of nitrogens with one attached hydrogen (secondary N) is 2. The fourth-order valence-electron chi connectivity index (χ4n) is 5.49. The number of aryl methyl sites for hydroxylation is 1. The van der Waals surface area contributed by atoms with Gasteiger partial charge in [0.25, 0.3) is 0 Å². The van der Waals surface area contributed by atoms with Crippen molar-refractivity contribution in [3.05, 3.63) is 88.5 Å². The van der Waals surface area contributed by atoms with Crippen molar-refractivity contribution in [2.45, 2.75) is 90.4 Å². The van der Waals surface area contributed by atoms with Crippen LogP contribution in [0.15, 0.2) is 60.7 Å². The molecule has 3 aromatic carbocycles. The maximum Gasteiger partial charge on any atom is 0.220 e. The largest absolute Gasteiger partial charge is 0.508 e. The van der Waals surface area contributed by atoms with Crippen LogP contribution in [0.1, 0.15) is 67.0 Å². The number of carbonyl (C=O) groups is 1. The van der Waals surface area contributed by atoms with Crippen molar-refractivity contribution in [1.82, 2.24) is 10.6 Å². The Labute approximate surface area is 270 Å². The lowest BCUT2D eigenvalue weighted by molar-refractivity contribution is -0.121. The van der Waals surface area contributed by atoms with Gasteiger partial charge in [-0.3, -0.25) is 4.79 Å². The molecular formula is C36H52N2O6Si. The molecule has 1 amide bonds. The summed E-state index contributed by atoms with van der Waals surface area (Å²) >= 11 is 0. The van der Waals surface area contributed by atoms with Gasteiger partial charge >= 0.3 is 0 Å². The quantitative estimate of drug-likeness (QED) is 0.112. The van der Waals surface area contributed by atoms with Gasteiger partial charge in [0.1, 0.15) is 17.2 Å². The van der Waals surface area contributed by atoms with Crippen LogP contribution in [0.3, 0.4) is 0 Å². The van der Waals surface area contributed by atoms with E-state index in [4.69, 9.17) is 13.9 Å². The number of carbonyl (C=O) groups excluding carboxylic acids is 1. The monoisotopic (exact) mass is 636 g/mol. The number of hydrogen-bond acceptors (Lipinski definition) is 7. The third-order valence-electron chi connectivity index (χ3n) is 8.06. The highest BCUT2D eigenvalue weighted by Crippen LogP contribution is 2.30. The molecule has 3 rings (SSSR count). The van der Waals surface area contributed by atoms with Gasteiger partial charge in [0.15, 0.2) is 8.32 Å². The second kappa shape index (κ2) is 17.9. The first-order valence-electron chi connectivity index (χ1n) is 16.0. The Bertz CT molecular complexity index is 1340. The summed E-state index contributed by atoms with van der Waals surface area (Å²) in [5.74, 6) is 1.43. The van der Waals surface area contributed by atoms with Gasteiger partial charge in [-0.2, -0.15) is 0 Å². The first-order chi connectivity index (χ1) is 21.6. The van der Waals surface area contributed by atoms with E-state index in [-0.39, 0.29) is 30.4 Å². The van der Waals surface area contributed by atoms with Crippen molar-refractivity contribution in [3.63, 3.8) is 0 Å². The lowest BCUT2D eigenvalue weighted by Gasteiger charge is -2.31. The van der Waals surface area contributed by atoms with Gasteiger partial charge in [0, 0.05) is 24.6 Å². The van der Waals surface area contributed by atoms with E-state index in [1.54, 1.807) is 20.3 Å². The minimum absolute atomic E-state index is 0.0292. The van der Waals surface area contributed by atoms with Gasteiger partial charge in [0.05, 0.1) is 39.0 Å². The van der Waals surface area contributed by atoms with Gasteiger partial charge in [-0.05, 0) is 79.9 Å². The number of aliphatic hydroxyl groups is 1. The fourth-order valence-corrected chi connectivity index (χ4v) is 7.80. The van der Waals surface area contributed by atoms with Crippen LogP contribution in [-0.4, -0.2) is 51.2 Å². The normalized spacial score (nSPS) is 12.9. The summed E-state index contributed by atoms with van der Waals surface area (Å²) < 4.78 is 17.6. The minimum atomic E-state index is -1.93. The molecule has 0 aromatic heterocycles. The van der Waals surface area contributed by atoms with E-state index in [1.165, 1.54) is 5.56 Å². The minimum Gasteiger partial charge on any atom is -0.508 e. The first kappa shape index (κ1) is 36.1. The highest BCUT2D eigenvalue weighted by atomic mass is 28.4. The van der Waals surface area contributed by atoms with E-state index in [9.17, 15) is 15.0 Å². The number of benzene rings is 3. The third-order valence-corrected chi connectivity index (χ3v) is 10.5. The number of rotatable bonds is 19. The average Bonchev–Trinajstić information content (AvgIpc) is 3.04. The highest BCUT2D eigenvalue weighted by Gasteiger charge is 2.28. The molecule has 0 aliphatic heterocycles. The number of hydrogen-bond donors (Lipinski definition) is 4. The predicted molar refractivity (Wildman–Crippen MR) is 182 cm³/mol. The van der Waals surface area contributed by atoms with E-state index in [0.29, 0.717) is 43.0 Å². The molecule has 0 saturated heterocycles. The van der Waals surface area contributed by atoms with Crippen LogP contribution in [-0.2, 0) is 35.2 Å². The number of methoxy groups -OCH3 is 2. The molecule has 0 fully saturated rings. The maximum absolute atomic E-state index is 12.7. The second-order valence-electron chi connectivity index (χ2n) is 12.3. The zero-order valence-electron chi connectivity index (χ0n) is 27.8. The molecule has 45 heavy (non-hydrogen) atoms. The standard InChI is InChI=1S/C36H52N2O6Si/c1-7-8-19-45(5,6)44-35(29-16-17-32(40)30(22-29)25-39)24-37-26(2)20-28-12-9-11-27(21-28)15-18-36(41)38-23-31-33(42-3)13-10-14-34(31)43-4/h9-14,16-17,21-22,26,35,37,39-40H,7-8,15,18-20,23-25H2,1-6H3,(H,38,41)/t26-,35+/m1/s1. The molecule has 9 heteroatoms. The molecule has 0 radical (unpaired) electrons. The predicted octanol–water partition coefficient (Wildman–Crippen LogP) is 6.43. The summed E-state index contributed by atoms with van der Waals surface area (Å²) in [6.07, 6.45) is 3.95. The Hall–Kier alpha value is -3.37. The summed E-state index contributed by atoms with van der Waals surface area (Å²) in [4.78, 5) is 12.7. The molecule has 246 valence electrons. The Balaban J connectivity index is 1.57. The summed E-state index contributed by atoms with van der Waals surface area (Å²) in [7, 11) is 1.29. The molecule has 4 N–H and O–H groups in total. The van der Waals surface area contributed by atoms with Gasteiger partial charge in [-0.25, -0.2) is 0 Å². The van der Waals surface area contributed by atoms with Crippen LogP contribution < -0.4 is 20.1 Å². The van der Waals surface area contributed by atoms with E-state index in [0.717, 1.165) is 42.0 Å². The van der Waals surface area contributed by atoms with Crippen LogP contribution in [0.25, 0.3) is 0 Å². The lowest BCUT2D eigenvalue weighted by atomic mass is 10.0. The Morgan fingerprint density at radius 2 is 1.67 bits per heavy atom. The van der Waals surface area contributed by atoms with Crippen LogP contribution in [0.5, 0.6) is 17.2 Å². The van der Waals surface area contributed by atoms with Crippen LogP contribution in [0.4, 0.5) is 0 Å². The number of aliphatic hydroxyl groups excluding tert-OH is 1. The van der Waals surface area contributed by atoms with Crippen LogP contribution >= 0.6 is 0 Å². The van der Waals surface area contributed by atoms with Crippen molar-refractivity contribution in [2.24, 2.45) is 0 Å². The van der Waals surface area contributed by atoms with Crippen molar-refractivity contribution in [3.8, 4) is 17.2 Å². The van der Waals surface area contributed by atoms with Gasteiger partial charge in [-0.1, -0.05) is 56.2 Å². The van der Waals surface area contributed by atoms with E-state index in [2.05, 4.69) is 61.8 Å². The highest BCUT2D eigenvalue weighted by molar-refractivity contribution is 6.71. The fraction of sp³-hybridized carbons (Fsp3) is 0.472. The van der Waals surface area contributed by atoms with Gasteiger partial charge in [-0.15, -0.1) is 0 Å². The van der Waals surface area contributed by atoms with Crippen LogP contribution in [0, 0.1) is 0 Å². The summed E-state index contributed by atoms with van der Waals surface area (Å²) in [6, 6.07) is 20.6. The zero-order valence-corrected chi connectivity index (χ0v) is 28.8. The molecule has 0 aliphatic rings. The average molecular weight is 637 g/mol. The molecule has 0 unspecified atom stereocenters. The molecule has 0 aliphatic carbocycles. The van der Waals surface area contributed by atoms with E-state index >= 15 is 0 Å². The van der Waals surface area contributed by atoms with Crippen molar-refractivity contribution < 1.29 is 28.9 Å². The number of amides is 1. The molecule has 2 atom stereocenters. The van der Waals surface area contributed by atoms with E-state index < -0.39 is 8.32 Å². The number of aromatic hydroxyl groups is 1. The van der Waals surface area contributed by atoms with Crippen molar-refractivity contribution in [2.75, 3.05) is 20.8 Å². The molecule has 0 heterocycles. The third kappa shape index (κ3) is 11.5. The topological polar surface area (TPSA) is 109 Å². The molecule has 3 aromatic rings. The first-order valence-corrected chi connectivity index (χ1v) is 19.1. The number of phenols is 1.